The first-order valence-corrected chi connectivity index (χ1v) is 7.42. The normalized spacial score (nSPS) is 21.3. The molecule has 1 atom stereocenters. The smallest absolute Gasteiger partial charge is 0.294 e. The summed E-state index contributed by atoms with van der Waals surface area (Å²) in [7, 11) is -3.14. The van der Waals surface area contributed by atoms with Crippen LogP contribution in [-0.2, 0) is 30.9 Å². The van der Waals surface area contributed by atoms with Gasteiger partial charge in [-0.1, -0.05) is 18.2 Å². The van der Waals surface area contributed by atoms with Crippen LogP contribution in [0.2, 0.25) is 0 Å². The molecule has 0 aliphatic carbocycles. The Hall–Kier alpha value is -1.97. The minimum Gasteiger partial charge on any atom is -0.349 e. The second-order valence-corrected chi connectivity index (χ2v) is 5.91. The monoisotopic (exact) mass is 314 g/mol. The van der Waals surface area contributed by atoms with Gasteiger partial charge in [0, 0.05) is 7.11 Å². The van der Waals surface area contributed by atoms with Crippen LogP contribution in [0, 0.1) is 0 Å². The van der Waals surface area contributed by atoms with E-state index in [1.165, 1.54) is 25.3 Å². The van der Waals surface area contributed by atoms with Crippen LogP contribution in [0.25, 0.3) is 0 Å². The number of methoxy groups -OCH3 is 1. The van der Waals surface area contributed by atoms with Crippen molar-refractivity contribution in [2.45, 2.75) is 17.0 Å². The van der Waals surface area contributed by atoms with E-state index in [9.17, 15) is 18.0 Å². The van der Waals surface area contributed by atoms with Gasteiger partial charge in [-0.15, -0.1) is 0 Å². The van der Waals surface area contributed by atoms with E-state index in [4.69, 9.17) is 9.29 Å². The van der Waals surface area contributed by atoms with E-state index in [2.05, 4.69) is 10.6 Å². The molecule has 3 N–H and O–H groups in total. The maximum Gasteiger partial charge on any atom is 0.294 e. The number of carbonyl (C=O) groups is 2. The molecule has 1 fully saturated rings. The summed E-state index contributed by atoms with van der Waals surface area (Å²) in [5, 5.41) is 4.85. The summed E-state index contributed by atoms with van der Waals surface area (Å²) < 4.78 is 36.6. The summed E-state index contributed by atoms with van der Waals surface area (Å²) in [4.78, 5) is 23.0. The highest BCUT2D eigenvalue weighted by atomic mass is 32.2. The van der Waals surface area contributed by atoms with Gasteiger partial charge in [-0.2, -0.15) is 8.42 Å². The number of ether oxygens (including phenoxy) is 1. The number of nitrogens with one attached hydrogen (secondary N) is 2. The number of carbonyl (C=O) groups excluding carboxylic acids is 2. The van der Waals surface area contributed by atoms with Crippen molar-refractivity contribution in [2.75, 3.05) is 13.7 Å². The van der Waals surface area contributed by atoms with Gasteiger partial charge in [-0.3, -0.25) is 14.1 Å². The second-order valence-electron chi connectivity index (χ2n) is 4.52. The molecule has 0 aromatic heterocycles. The standard InChI is InChI=1S/C12H14N2O6S/c1-20-12(7-13-11(12)16)14-10(15)6-8-4-2-3-5-9(8)21(17,18)19/h2-5H,6-7H2,1H3,(H,13,16)(H,14,15)(H,17,18,19). The summed E-state index contributed by atoms with van der Waals surface area (Å²) >= 11 is 0. The predicted octanol–water partition coefficient (Wildman–Crippen LogP) is -0.935. The lowest BCUT2D eigenvalue weighted by molar-refractivity contribution is -0.166. The fraction of sp³-hybridized carbons (Fsp3) is 0.333. The Bertz CT molecular complexity index is 683. The molecule has 1 aliphatic rings. The van der Waals surface area contributed by atoms with Gasteiger partial charge in [-0.25, -0.2) is 0 Å². The van der Waals surface area contributed by atoms with Gasteiger partial charge in [0.2, 0.25) is 11.6 Å². The SMILES string of the molecule is COC1(NC(=O)Cc2ccccc2S(=O)(=O)O)CNC1=O. The molecular weight excluding hydrogens is 300 g/mol. The number of amides is 2. The van der Waals surface area contributed by atoms with Crippen LogP contribution in [0.3, 0.4) is 0 Å². The average molecular weight is 314 g/mol. The summed E-state index contributed by atoms with van der Waals surface area (Å²) in [6.07, 6.45) is -0.311. The number of rotatable bonds is 5. The van der Waals surface area contributed by atoms with E-state index in [-0.39, 0.29) is 23.4 Å². The summed E-state index contributed by atoms with van der Waals surface area (Å²) in [5.74, 6) is -1.07. The zero-order valence-electron chi connectivity index (χ0n) is 11.1. The Morgan fingerprint density at radius 1 is 1.48 bits per heavy atom. The molecule has 114 valence electrons. The van der Waals surface area contributed by atoms with Gasteiger partial charge in [0.1, 0.15) is 0 Å². The zero-order chi connectivity index (χ0) is 15.7. The predicted molar refractivity (Wildman–Crippen MR) is 70.9 cm³/mol. The van der Waals surface area contributed by atoms with Gasteiger partial charge < -0.3 is 15.4 Å². The Morgan fingerprint density at radius 2 is 2.14 bits per heavy atom. The molecule has 1 aliphatic heterocycles. The van der Waals surface area contributed by atoms with Crippen LogP contribution in [0.1, 0.15) is 5.56 Å². The van der Waals surface area contributed by atoms with Crippen molar-refractivity contribution in [2.24, 2.45) is 0 Å². The molecule has 2 rings (SSSR count). The number of hydrogen-bond acceptors (Lipinski definition) is 5. The summed E-state index contributed by atoms with van der Waals surface area (Å²) in [5.41, 5.74) is -1.28. The molecule has 1 aromatic rings. The number of benzene rings is 1. The fourth-order valence-electron chi connectivity index (χ4n) is 1.98. The van der Waals surface area contributed by atoms with E-state index < -0.39 is 27.7 Å². The maximum absolute atomic E-state index is 12.0. The van der Waals surface area contributed by atoms with E-state index >= 15 is 0 Å². The molecule has 0 spiro atoms. The van der Waals surface area contributed by atoms with E-state index in [0.29, 0.717) is 0 Å². The highest BCUT2D eigenvalue weighted by Crippen LogP contribution is 2.17. The lowest BCUT2D eigenvalue weighted by Gasteiger charge is -2.39. The summed E-state index contributed by atoms with van der Waals surface area (Å²) in [6.45, 7) is 0.133. The van der Waals surface area contributed by atoms with Gasteiger partial charge in [0.15, 0.2) is 0 Å². The Kier molecular flexibility index (Phi) is 3.99. The number of β-lactam (4-membered cyclic amide) rings is 1. The highest BCUT2D eigenvalue weighted by Gasteiger charge is 2.48. The van der Waals surface area contributed by atoms with Crippen molar-refractivity contribution < 1.29 is 27.3 Å². The first-order valence-electron chi connectivity index (χ1n) is 5.98. The average Bonchev–Trinajstić information content (AvgIpc) is 2.42. The van der Waals surface area contributed by atoms with Gasteiger partial charge in [0.05, 0.1) is 17.9 Å². The lowest BCUT2D eigenvalue weighted by Crippen LogP contribution is -2.74. The van der Waals surface area contributed by atoms with Crippen molar-refractivity contribution >= 4 is 21.9 Å². The van der Waals surface area contributed by atoms with Crippen molar-refractivity contribution in [1.82, 2.24) is 10.6 Å². The van der Waals surface area contributed by atoms with Crippen molar-refractivity contribution in [3.63, 3.8) is 0 Å². The largest absolute Gasteiger partial charge is 0.349 e. The third-order valence-electron chi connectivity index (χ3n) is 3.16. The van der Waals surface area contributed by atoms with Crippen LogP contribution in [-0.4, -0.2) is 44.2 Å². The molecule has 1 saturated heterocycles. The first kappa shape index (κ1) is 15.4. The Morgan fingerprint density at radius 3 is 2.62 bits per heavy atom. The van der Waals surface area contributed by atoms with Gasteiger partial charge >= 0.3 is 0 Å². The third kappa shape index (κ3) is 3.04. The zero-order valence-corrected chi connectivity index (χ0v) is 11.9. The fourth-order valence-corrected chi connectivity index (χ4v) is 2.70. The third-order valence-corrected chi connectivity index (χ3v) is 4.11. The molecular formula is C12H14N2O6S. The lowest BCUT2D eigenvalue weighted by atomic mass is 10.1. The van der Waals surface area contributed by atoms with Gasteiger partial charge in [0.25, 0.3) is 16.0 Å². The molecule has 0 bridgehead atoms. The Balaban J connectivity index is 2.16. The van der Waals surface area contributed by atoms with E-state index in [1.807, 2.05) is 0 Å². The molecule has 1 unspecified atom stereocenters. The van der Waals surface area contributed by atoms with E-state index in [1.54, 1.807) is 6.07 Å². The van der Waals surface area contributed by atoms with Crippen LogP contribution >= 0.6 is 0 Å². The highest BCUT2D eigenvalue weighted by molar-refractivity contribution is 7.85. The Labute approximate surface area is 121 Å². The van der Waals surface area contributed by atoms with Crippen LogP contribution < -0.4 is 10.6 Å². The quantitative estimate of drug-likeness (QED) is 0.366. The molecule has 9 heteroatoms. The van der Waals surface area contributed by atoms with Crippen LogP contribution in [0.4, 0.5) is 0 Å². The topological polar surface area (TPSA) is 122 Å². The molecule has 0 saturated carbocycles. The molecule has 8 nitrogen and oxygen atoms in total. The number of hydrogen-bond donors (Lipinski definition) is 3. The molecule has 0 radical (unpaired) electrons. The van der Waals surface area contributed by atoms with Crippen molar-refractivity contribution in [1.29, 1.82) is 0 Å². The second kappa shape index (κ2) is 5.43. The molecule has 1 heterocycles. The molecule has 21 heavy (non-hydrogen) atoms. The maximum atomic E-state index is 12.0. The van der Waals surface area contributed by atoms with Crippen molar-refractivity contribution in [3.05, 3.63) is 29.8 Å². The van der Waals surface area contributed by atoms with Crippen LogP contribution in [0.5, 0.6) is 0 Å². The first-order chi connectivity index (χ1) is 9.78. The van der Waals surface area contributed by atoms with Crippen molar-refractivity contribution in [3.8, 4) is 0 Å². The molecule has 2 amide bonds. The summed E-state index contributed by atoms with van der Waals surface area (Å²) in [6, 6.07) is 5.57. The van der Waals surface area contributed by atoms with Crippen LogP contribution in [0.15, 0.2) is 29.2 Å². The molecule has 1 aromatic carbocycles. The minimum absolute atomic E-state index is 0.128. The van der Waals surface area contributed by atoms with Gasteiger partial charge in [-0.05, 0) is 11.6 Å². The minimum atomic E-state index is -4.42. The van der Waals surface area contributed by atoms with E-state index in [0.717, 1.165) is 0 Å².